The number of hydrogen-bond donors (Lipinski definition) is 1. The molecule has 0 unspecified atom stereocenters. The summed E-state index contributed by atoms with van der Waals surface area (Å²) in [7, 11) is 0. The van der Waals surface area contributed by atoms with E-state index >= 15 is 0 Å². The van der Waals surface area contributed by atoms with Gasteiger partial charge in [-0.05, 0) is 44.3 Å². The number of halogens is 1. The molecule has 0 radical (unpaired) electrons. The summed E-state index contributed by atoms with van der Waals surface area (Å²) in [5, 5.41) is 7.80. The van der Waals surface area contributed by atoms with Gasteiger partial charge in [0.2, 0.25) is 5.82 Å². The first kappa shape index (κ1) is 17.4. The van der Waals surface area contributed by atoms with E-state index in [1.807, 2.05) is 19.1 Å². The van der Waals surface area contributed by atoms with Gasteiger partial charge in [0.05, 0.1) is 5.69 Å². The van der Waals surface area contributed by atoms with Crippen molar-refractivity contribution < 1.29 is 4.79 Å². The first-order valence-corrected chi connectivity index (χ1v) is 8.13. The average molecular weight is 336 g/mol. The van der Waals surface area contributed by atoms with Crippen LogP contribution in [0.1, 0.15) is 30.3 Å². The Balaban J connectivity index is 2.02. The van der Waals surface area contributed by atoms with Crippen LogP contribution in [-0.2, 0) is 0 Å². The fourth-order valence-electron chi connectivity index (χ4n) is 2.26. The van der Waals surface area contributed by atoms with Crippen molar-refractivity contribution in [3.8, 4) is 5.69 Å². The van der Waals surface area contributed by atoms with Crippen LogP contribution in [0.5, 0.6) is 0 Å². The molecule has 2 rings (SSSR count). The number of aromatic nitrogens is 3. The predicted molar refractivity (Wildman–Crippen MR) is 91.2 cm³/mol. The summed E-state index contributed by atoms with van der Waals surface area (Å²) in [5.41, 5.74) is 0.821. The topological polar surface area (TPSA) is 63.1 Å². The van der Waals surface area contributed by atoms with Crippen molar-refractivity contribution in [3.63, 3.8) is 0 Å². The number of benzene rings is 1. The summed E-state index contributed by atoms with van der Waals surface area (Å²) in [4.78, 5) is 18.6. The standard InChI is InChI=1S/C16H22ClN5O/c1-4-21(5-2)11-10-18-16(23)15-19-12(3)22(20-15)14-8-6-13(17)7-9-14/h6-9H,4-5,10-11H2,1-3H3,(H,18,23). The molecule has 0 atom stereocenters. The molecule has 6 nitrogen and oxygen atoms in total. The molecule has 0 aliphatic rings. The Bertz CT molecular complexity index is 649. The van der Waals surface area contributed by atoms with Crippen LogP contribution < -0.4 is 5.32 Å². The smallest absolute Gasteiger partial charge is 0.291 e. The summed E-state index contributed by atoms with van der Waals surface area (Å²) in [6.07, 6.45) is 0. The van der Waals surface area contributed by atoms with Gasteiger partial charge in [0.25, 0.3) is 5.91 Å². The van der Waals surface area contributed by atoms with Gasteiger partial charge in [0, 0.05) is 18.1 Å². The lowest BCUT2D eigenvalue weighted by molar-refractivity contribution is 0.0938. The summed E-state index contributed by atoms with van der Waals surface area (Å²) in [6, 6.07) is 7.24. The highest BCUT2D eigenvalue weighted by Gasteiger charge is 2.15. The van der Waals surface area contributed by atoms with Crippen molar-refractivity contribution >= 4 is 17.5 Å². The third-order valence-electron chi connectivity index (χ3n) is 3.65. The molecule has 23 heavy (non-hydrogen) atoms. The van der Waals surface area contributed by atoms with Crippen molar-refractivity contribution in [2.45, 2.75) is 20.8 Å². The zero-order valence-electron chi connectivity index (χ0n) is 13.7. The third kappa shape index (κ3) is 4.53. The molecule has 1 aromatic heterocycles. The second-order valence-corrected chi connectivity index (χ2v) is 5.59. The van der Waals surface area contributed by atoms with Gasteiger partial charge in [0.15, 0.2) is 0 Å². The molecular weight excluding hydrogens is 314 g/mol. The van der Waals surface area contributed by atoms with Crippen molar-refractivity contribution in [2.24, 2.45) is 0 Å². The zero-order chi connectivity index (χ0) is 16.8. The molecule has 7 heteroatoms. The van der Waals surface area contributed by atoms with Crippen molar-refractivity contribution in [1.29, 1.82) is 0 Å². The zero-order valence-corrected chi connectivity index (χ0v) is 14.5. The molecular formula is C16H22ClN5O. The number of nitrogens with one attached hydrogen (secondary N) is 1. The molecule has 1 N–H and O–H groups in total. The van der Waals surface area contributed by atoms with E-state index in [9.17, 15) is 4.79 Å². The normalized spacial score (nSPS) is 11.0. The summed E-state index contributed by atoms with van der Waals surface area (Å²) < 4.78 is 1.63. The van der Waals surface area contributed by atoms with Gasteiger partial charge in [-0.1, -0.05) is 25.4 Å². The van der Waals surface area contributed by atoms with Gasteiger partial charge in [-0.3, -0.25) is 4.79 Å². The fourth-order valence-corrected chi connectivity index (χ4v) is 2.39. The quantitative estimate of drug-likeness (QED) is 0.843. The van der Waals surface area contributed by atoms with Gasteiger partial charge >= 0.3 is 0 Å². The van der Waals surface area contributed by atoms with Crippen molar-refractivity contribution in [1.82, 2.24) is 25.0 Å². The number of carbonyl (C=O) groups is 1. The lowest BCUT2D eigenvalue weighted by atomic mass is 10.3. The lowest BCUT2D eigenvalue weighted by Gasteiger charge is -2.17. The Morgan fingerprint density at radius 1 is 1.26 bits per heavy atom. The number of hydrogen-bond acceptors (Lipinski definition) is 4. The molecule has 0 fully saturated rings. The molecule has 1 amide bonds. The third-order valence-corrected chi connectivity index (χ3v) is 3.90. The Kier molecular flexibility index (Phi) is 6.12. The van der Waals surface area contributed by atoms with Gasteiger partial charge < -0.3 is 10.2 Å². The van der Waals surface area contributed by atoms with E-state index in [4.69, 9.17) is 11.6 Å². The lowest BCUT2D eigenvalue weighted by Crippen LogP contribution is -2.35. The second-order valence-electron chi connectivity index (χ2n) is 5.15. The number of nitrogens with zero attached hydrogens (tertiary/aromatic N) is 4. The van der Waals surface area contributed by atoms with Gasteiger partial charge in [-0.2, -0.15) is 0 Å². The number of rotatable bonds is 7. The van der Waals surface area contributed by atoms with Crippen molar-refractivity contribution in [3.05, 3.63) is 40.9 Å². The van der Waals surface area contributed by atoms with Crippen LogP contribution in [0.2, 0.25) is 5.02 Å². The minimum Gasteiger partial charge on any atom is -0.348 e. The number of aryl methyl sites for hydroxylation is 1. The first-order chi connectivity index (χ1) is 11.0. The number of amides is 1. The molecule has 0 bridgehead atoms. The van der Waals surface area contributed by atoms with Crippen LogP contribution in [0.25, 0.3) is 5.69 Å². The minimum absolute atomic E-state index is 0.178. The van der Waals surface area contributed by atoms with Crippen LogP contribution in [-0.4, -0.2) is 51.8 Å². The molecule has 0 spiro atoms. The van der Waals surface area contributed by atoms with Crippen molar-refractivity contribution in [2.75, 3.05) is 26.2 Å². The van der Waals surface area contributed by atoms with Gasteiger partial charge in [-0.15, -0.1) is 5.10 Å². The Hall–Kier alpha value is -1.92. The SMILES string of the molecule is CCN(CC)CCNC(=O)c1nc(C)n(-c2ccc(Cl)cc2)n1. The molecule has 0 aliphatic carbocycles. The maximum Gasteiger partial charge on any atom is 0.291 e. The molecule has 2 aromatic rings. The molecule has 1 heterocycles. The fraction of sp³-hybridized carbons (Fsp3) is 0.438. The second kappa shape index (κ2) is 8.08. The van der Waals surface area contributed by atoms with Crippen LogP contribution >= 0.6 is 11.6 Å². The van der Waals surface area contributed by atoms with Crippen LogP contribution in [0.3, 0.4) is 0 Å². The highest BCUT2D eigenvalue weighted by molar-refractivity contribution is 6.30. The highest BCUT2D eigenvalue weighted by Crippen LogP contribution is 2.14. The van der Waals surface area contributed by atoms with E-state index in [-0.39, 0.29) is 11.7 Å². The van der Waals surface area contributed by atoms with Crippen LogP contribution in [0.4, 0.5) is 0 Å². The van der Waals surface area contributed by atoms with E-state index < -0.39 is 0 Å². The number of carbonyl (C=O) groups excluding carboxylic acids is 1. The summed E-state index contributed by atoms with van der Waals surface area (Å²) in [6.45, 7) is 9.34. The minimum atomic E-state index is -0.257. The van der Waals surface area contributed by atoms with E-state index in [2.05, 4.69) is 34.1 Å². The van der Waals surface area contributed by atoms with Gasteiger partial charge in [0.1, 0.15) is 5.82 Å². The Labute approximate surface area is 141 Å². The summed E-state index contributed by atoms with van der Waals surface area (Å²) in [5.74, 6) is 0.575. The number of likely N-dealkylation sites (N-methyl/N-ethyl adjacent to an activating group) is 1. The molecule has 1 aromatic carbocycles. The monoisotopic (exact) mass is 335 g/mol. The predicted octanol–water partition coefficient (Wildman–Crippen LogP) is 2.30. The van der Waals surface area contributed by atoms with Crippen LogP contribution in [0, 0.1) is 6.92 Å². The molecule has 0 saturated heterocycles. The summed E-state index contributed by atoms with van der Waals surface area (Å²) >= 11 is 5.89. The average Bonchev–Trinajstić information content (AvgIpc) is 2.94. The molecule has 0 saturated carbocycles. The Morgan fingerprint density at radius 2 is 1.91 bits per heavy atom. The maximum absolute atomic E-state index is 12.2. The van der Waals surface area contributed by atoms with E-state index in [0.717, 1.165) is 25.3 Å². The largest absolute Gasteiger partial charge is 0.348 e. The van der Waals surface area contributed by atoms with Gasteiger partial charge in [-0.25, -0.2) is 9.67 Å². The Morgan fingerprint density at radius 3 is 2.52 bits per heavy atom. The van der Waals surface area contributed by atoms with E-state index in [0.29, 0.717) is 17.4 Å². The maximum atomic E-state index is 12.2. The molecule has 0 aliphatic heterocycles. The molecule has 124 valence electrons. The van der Waals surface area contributed by atoms with E-state index in [1.54, 1.807) is 16.8 Å². The van der Waals surface area contributed by atoms with E-state index in [1.165, 1.54) is 0 Å². The van der Waals surface area contributed by atoms with Crippen LogP contribution in [0.15, 0.2) is 24.3 Å². The highest BCUT2D eigenvalue weighted by atomic mass is 35.5. The first-order valence-electron chi connectivity index (χ1n) is 7.75.